The van der Waals surface area contributed by atoms with Gasteiger partial charge >= 0.3 is 0 Å². The zero-order valence-electron chi connectivity index (χ0n) is 10.00. The summed E-state index contributed by atoms with van der Waals surface area (Å²) in [5, 5.41) is 0.253. The molecule has 1 rings (SSSR count). The summed E-state index contributed by atoms with van der Waals surface area (Å²) in [7, 11) is 0. The lowest BCUT2D eigenvalue weighted by Gasteiger charge is -2.22. The molecule has 0 aromatic carbocycles. The molecule has 1 atom stereocenters. The second-order valence-corrected chi connectivity index (χ2v) is 4.33. The Labute approximate surface area is 101 Å². The van der Waals surface area contributed by atoms with Crippen LogP contribution in [-0.4, -0.2) is 23.9 Å². The first kappa shape index (κ1) is 13.1. The number of nitrogens with zero attached hydrogens (tertiary/aromatic N) is 1. The molecule has 1 amide bonds. The molecule has 0 bridgehead atoms. The van der Waals surface area contributed by atoms with Crippen LogP contribution in [-0.2, 0) is 0 Å². The summed E-state index contributed by atoms with van der Waals surface area (Å²) < 4.78 is 5.12. The predicted molar refractivity (Wildman–Crippen MR) is 64.8 cm³/mol. The Morgan fingerprint density at radius 3 is 2.62 bits per heavy atom. The van der Waals surface area contributed by atoms with Crippen LogP contribution in [0.25, 0.3) is 0 Å². The first-order valence-corrected chi connectivity index (χ1v) is 6.00. The highest BCUT2D eigenvalue weighted by Crippen LogP contribution is 2.16. The number of halogens is 1. The van der Waals surface area contributed by atoms with Gasteiger partial charge in [0.25, 0.3) is 5.91 Å². The molecule has 0 saturated carbocycles. The van der Waals surface area contributed by atoms with Crippen molar-refractivity contribution in [1.29, 1.82) is 0 Å². The molecule has 3 nitrogen and oxygen atoms in total. The molecule has 4 heteroatoms. The van der Waals surface area contributed by atoms with E-state index in [-0.39, 0.29) is 11.1 Å². The van der Waals surface area contributed by atoms with E-state index in [1.54, 1.807) is 17.0 Å². The van der Waals surface area contributed by atoms with Crippen LogP contribution in [0.2, 0.25) is 5.22 Å². The van der Waals surface area contributed by atoms with Gasteiger partial charge in [-0.25, -0.2) is 0 Å². The number of rotatable bonds is 5. The van der Waals surface area contributed by atoms with Gasteiger partial charge in [0, 0.05) is 13.1 Å². The van der Waals surface area contributed by atoms with Crippen molar-refractivity contribution in [2.24, 2.45) is 5.92 Å². The van der Waals surface area contributed by atoms with Gasteiger partial charge in [-0.15, -0.1) is 0 Å². The molecule has 1 heterocycles. The second-order valence-electron chi connectivity index (χ2n) is 3.96. The molecule has 0 N–H and O–H groups in total. The first-order chi connectivity index (χ1) is 7.58. The maximum absolute atomic E-state index is 12.0. The maximum Gasteiger partial charge on any atom is 0.289 e. The smallest absolute Gasteiger partial charge is 0.289 e. The zero-order valence-corrected chi connectivity index (χ0v) is 10.8. The topological polar surface area (TPSA) is 33.5 Å². The Balaban J connectivity index is 2.69. The van der Waals surface area contributed by atoms with Crippen LogP contribution in [0.4, 0.5) is 0 Å². The van der Waals surface area contributed by atoms with E-state index in [4.69, 9.17) is 16.0 Å². The van der Waals surface area contributed by atoms with Crippen LogP contribution < -0.4 is 0 Å². The summed E-state index contributed by atoms with van der Waals surface area (Å²) in [6, 6.07) is 3.20. The number of hydrogen-bond acceptors (Lipinski definition) is 2. The van der Waals surface area contributed by atoms with Gasteiger partial charge in [-0.3, -0.25) is 4.79 Å². The highest BCUT2D eigenvalue weighted by molar-refractivity contribution is 6.29. The van der Waals surface area contributed by atoms with Crippen LogP contribution >= 0.6 is 11.6 Å². The molecule has 0 radical (unpaired) electrons. The Hall–Kier alpha value is -0.960. The standard InChI is InChI=1S/C12H18ClNO2/c1-4-9(3)8-14(5-2)12(15)10-6-7-11(13)16-10/h6-7,9H,4-5,8H2,1-3H3. The average molecular weight is 244 g/mol. The fourth-order valence-electron chi connectivity index (χ4n) is 1.45. The van der Waals surface area contributed by atoms with Crippen LogP contribution in [0, 0.1) is 5.92 Å². The van der Waals surface area contributed by atoms with Crippen molar-refractivity contribution < 1.29 is 9.21 Å². The van der Waals surface area contributed by atoms with Crippen LogP contribution in [0.3, 0.4) is 0 Å². The largest absolute Gasteiger partial charge is 0.440 e. The molecule has 90 valence electrons. The van der Waals surface area contributed by atoms with E-state index in [2.05, 4.69) is 13.8 Å². The number of hydrogen-bond donors (Lipinski definition) is 0. The first-order valence-electron chi connectivity index (χ1n) is 5.63. The molecule has 1 aromatic rings. The summed E-state index contributed by atoms with van der Waals surface area (Å²) in [6.07, 6.45) is 1.06. The third-order valence-corrected chi connectivity index (χ3v) is 2.89. The van der Waals surface area contributed by atoms with E-state index in [0.717, 1.165) is 13.0 Å². The van der Waals surface area contributed by atoms with Crippen molar-refractivity contribution in [3.05, 3.63) is 23.1 Å². The lowest BCUT2D eigenvalue weighted by atomic mass is 10.1. The molecule has 0 saturated heterocycles. The minimum Gasteiger partial charge on any atom is -0.440 e. The van der Waals surface area contributed by atoms with E-state index in [0.29, 0.717) is 18.2 Å². The van der Waals surface area contributed by atoms with Crippen molar-refractivity contribution in [1.82, 2.24) is 4.90 Å². The van der Waals surface area contributed by atoms with Gasteiger partial charge in [-0.2, -0.15) is 0 Å². The van der Waals surface area contributed by atoms with Crippen LogP contribution in [0.5, 0.6) is 0 Å². The van der Waals surface area contributed by atoms with Crippen molar-refractivity contribution in [2.75, 3.05) is 13.1 Å². The predicted octanol–water partition coefficient (Wildman–Crippen LogP) is 3.44. The van der Waals surface area contributed by atoms with Gasteiger partial charge in [0.1, 0.15) is 0 Å². The van der Waals surface area contributed by atoms with Crippen LogP contribution in [0.1, 0.15) is 37.7 Å². The highest BCUT2D eigenvalue weighted by Gasteiger charge is 2.19. The quantitative estimate of drug-likeness (QED) is 0.794. The SMILES string of the molecule is CCC(C)CN(CC)C(=O)c1ccc(Cl)o1. The van der Waals surface area contributed by atoms with Gasteiger partial charge in [-0.05, 0) is 36.6 Å². The van der Waals surface area contributed by atoms with Crippen molar-refractivity contribution in [3.8, 4) is 0 Å². The Morgan fingerprint density at radius 1 is 1.50 bits per heavy atom. The van der Waals surface area contributed by atoms with E-state index in [9.17, 15) is 4.79 Å². The molecule has 0 aliphatic rings. The Bertz CT molecular complexity index is 349. The van der Waals surface area contributed by atoms with Gasteiger partial charge in [0.05, 0.1) is 0 Å². The summed E-state index contributed by atoms with van der Waals surface area (Å²) in [6.45, 7) is 7.65. The summed E-state index contributed by atoms with van der Waals surface area (Å²) in [5.41, 5.74) is 0. The van der Waals surface area contributed by atoms with Gasteiger partial charge in [-0.1, -0.05) is 20.3 Å². The normalized spacial score (nSPS) is 12.5. The minimum atomic E-state index is -0.0882. The third kappa shape index (κ3) is 3.27. The number of furan rings is 1. The molecule has 0 fully saturated rings. The van der Waals surface area contributed by atoms with Gasteiger partial charge < -0.3 is 9.32 Å². The molecular weight excluding hydrogens is 226 g/mol. The molecule has 0 aliphatic carbocycles. The maximum atomic E-state index is 12.0. The minimum absolute atomic E-state index is 0.0882. The highest BCUT2D eigenvalue weighted by atomic mass is 35.5. The van der Waals surface area contributed by atoms with E-state index in [1.807, 2.05) is 6.92 Å². The number of carbonyl (C=O) groups is 1. The average Bonchev–Trinajstić information content (AvgIpc) is 2.71. The zero-order chi connectivity index (χ0) is 12.1. The molecule has 1 unspecified atom stereocenters. The lowest BCUT2D eigenvalue weighted by molar-refractivity contribution is 0.0709. The monoisotopic (exact) mass is 243 g/mol. The van der Waals surface area contributed by atoms with E-state index in [1.165, 1.54) is 0 Å². The Kier molecular flexibility index (Phi) is 4.87. The molecule has 16 heavy (non-hydrogen) atoms. The molecule has 0 aliphatic heterocycles. The summed E-state index contributed by atoms with van der Waals surface area (Å²) >= 11 is 5.65. The van der Waals surface area contributed by atoms with Crippen molar-refractivity contribution >= 4 is 17.5 Å². The number of amides is 1. The van der Waals surface area contributed by atoms with E-state index < -0.39 is 0 Å². The fourth-order valence-corrected chi connectivity index (χ4v) is 1.59. The van der Waals surface area contributed by atoms with Gasteiger partial charge in [0.2, 0.25) is 0 Å². The molecular formula is C12H18ClNO2. The Morgan fingerprint density at radius 2 is 2.19 bits per heavy atom. The van der Waals surface area contributed by atoms with Crippen molar-refractivity contribution in [2.45, 2.75) is 27.2 Å². The summed E-state index contributed by atoms with van der Waals surface area (Å²) in [5.74, 6) is 0.721. The molecule has 0 spiro atoms. The fraction of sp³-hybridized carbons (Fsp3) is 0.583. The summed E-state index contributed by atoms with van der Waals surface area (Å²) in [4.78, 5) is 13.8. The lowest BCUT2D eigenvalue weighted by Crippen LogP contribution is -2.34. The second kappa shape index (κ2) is 5.94. The van der Waals surface area contributed by atoms with Crippen molar-refractivity contribution in [3.63, 3.8) is 0 Å². The third-order valence-electron chi connectivity index (χ3n) is 2.68. The number of carbonyl (C=O) groups excluding carboxylic acids is 1. The van der Waals surface area contributed by atoms with Gasteiger partial charge in [0.15, 0.2) is 11.0 Å². The van der Waals surface area contributed by atoms with Crippen LogP contribution in [0.15, 0.2) is 16.5 Å². The van der Waals surface area contributed by atoms with E-state index >= 15 is 0 Å². The molecule has 1 aromatic heterocycles.